The highest BCUT2D eigenvalue weighted by Crippen LogP contribution is 2.23. The highest BCUT2D eigenvalue weighted by Gasteiger charge is 2.26. The van der Waals surface area contributed by atoms with Crippen molar-refractivity contribution >= 4 is 11.9 Å². The maximum Gasteiger partial charge on any atom is 0.303 e. The number of carbonyl (C=O) groups excluding carboxylic acids is 1. The zero-order chi connectivity index (χ0) is 16.8. The number of carboxylic acids is 1. The Morgan fingerprint density at radius 3 is 2.78 bits per heavy atom. The molecule has 1 saturated heterocycles. The Labute approximate surface area is 136 Å². The first-order chi connectivity index (χ1) is 11.0. The minimum Gasteiger partial charge on any atom is -0.481 e. The molecule has 1 fully saturated rings. The molecule has 0 aliphatic carbocycles. The summed E-state index contributed by atoms with van der Waals surface area (Å²) < 4.78 is 5.32. The van der Waals surface area contributed by atoms with Crippen molar-refractivity contribution in [2.75, 3.05) is 13.1 Å². The number of hydrogen-bond donors (Lipinski definition) is 1. The van der Waals surface area contributed by atoms with E-state index in [0.29, 0.717) is 25.3 Å². The summed E-state index contributed by atoms with van der Waals surface area (Å²) in [6, 6.07) is 0. The van der Waals surface area contributed by atoms with Crippen LogP contribution in [0.1, 0.15) is 56.5 Å². The number of carbonyl (C=O) groups is 2. The molecule has 0 radical (unpaired) electrons. The van der Waals surface area contributed by atoms with E-state index in [4.69, 9.17) is 9.63 Å². The monoisotopic (exact) mass is 322 g/mol. The molecule has 0 saturated carbocycles. The van der Waals surface area contributed by atoms with Gasteiger partial charge in [0.05, 0.1) is 12.1 Å². The second kappa shape index (κ2) is 8.13. The number of hydrogen-bond acceptors (Lipinski definition) is 4. The lowest BCUT2D eigenvalue weighted by Gasteiger charge is -2.32. The first-order valence-electron chi connectivity index (χ1n) is 8.50. The van der Waals surface area contributed by atoms with E-state index in [1.165, 1.54) is 0 Å². The summed E-state index contributed by atoms with van der Waals surface area (Å²) in [7, 11) is 0. The fourth-order valence-electron chi connectivity index (χ4n) is 3.26. The smallest absolute Gasteiger partial charge is 0.303 e. The highest BCUT2D eigenvalue weighted by molar-refractivity contribution is 5.79. The van der Waals surface area contributed by atoms with Gasteiger partial charge in [0.2, 0.25) is 5.91 Å². The van der Waals surface area contributed by atoms with Crippen molar-refractivity contribution in [2.24, 2.45) is 5.92 Å². The van der Waals surface area contributed by atoms with Crippen LogP contribution in [0.15, 0.2) is 4.52 Å². The lowest BCUT2D eigenvalue weighted by molar-refractivity contribution is -0.137. The largest absolute Gasteiger partial charge is 0.481 e. The number of nitrogens with zero attached hydrogens (tertiary/aromatic N) is 2. The minimum atomic E-state index is -0.766. The second-order valence-electron chi connectivity index (χ2n) is 6.20. The topological polar surface area (TPSA) is 83.6 Å². The Morgan fingerprint density at radius 1 is 1.35 bits per heavy atom. The van der Waals surface area contributed by atoms with Gasteiger partial charge in [0.15, 0.2) is 0 Å². The molecule has 1 atom stereocenters. The summed E-state index contributed by atoms with van der Waals surface area (Å²) in [5, 5.41) is 12.9. The van der Waals surface area contributed by atoms with Crippen molar-refractivity contribution in [3.8, 4) is 0 Å². The molecule has 2 heterocycles. The van der Waals surface area contributed by atoms with Crippen LogP contribution in [0.3, 0.4) is 0 Å². The van der Waals surface area contributed by atoms with Crippen molar-refractivity contribution in [1.29, 1.82) is 0 Å². The van der Waals surface area contributed by atoms with Gasteiger partial charge in [-0.25, -0.2) is 0 Å². The van der Waals surface area contributed by atoms with Crippen LogP contribution in [0.25, 0.3) is 0 Å². The van der Waals surface area contributed by atoms with Crippen LogP contribution in [0.2, 0.25) is 0 Å². The number of amides is 1. The molecule has 128 valence electrons. The molecule has 1 unspecified atom stereocenters. The molecule has 0 spiro atoms. The highest BCUT2D eigenvalue weighted by atomic mass is 16.5. The molecule has 6 heteroatoms. The molecule has 1 N–H and O–H groups in total. The standard InChI is InChI=1S/C17H26N2O4/c1-3-14-13(15(4-2)23-18-14)10-16(20)19-9-5-6-12(11-19)7-8-17(21)22/h12H,3-11H2,1-2H3,(H,21,22). The average molecular weight is 322 g/mol. The van der Waals surface area contributed by atoms with Crippen LogP contribution in [0.4, 0.5) is 0 Å². The van der Waals surface area contributed by atoms with Gasteiger partial charge >= 0.3 is 5.97 Å². The van der Waals surface area contributed by atoms with Gasteiger partial charge in [0.25, 0.3) is 0 Å². The van der Waals surface area contributed by atoms with Crippen LogP contribution in [-0.4, -0.2) is 40.1 Å². The Morgan fingerprint density at radius 2 is 2.13 bits per heavy atom. The zero-order valence-corrected chi connectivity index (χ0v) is 14.0. The molecule has 0 bridgehead atoms. The third-order valence-corrected chi connectivity index (χ3v) is 4.57. The molecule has 0 aromatic carbocycles. The first-order valence-corrected chi connectivity index (χ1v) is 8.50. The van der Waals surface area contributed by atoms with E-state index in [2.05, 4.69) is 5.16 Å². The van der Waals surface area contributed by atoms with E-state index < -0.39 is 5.97 Å². The third-order valence-electron chi connectivity index (χ3n) is 4.57. The van der Waals surface area contributed by atoms with Crippen molar-refractivity contribution in [2.45, 2.75) is 58.8 Å². The third kappa shape index (κ3) is 4.56. The van der Waals surface area contributed by atoms with Crippen molar-refractivity contribution in [1.82, 2.24) is 10.1 Å². The molecule has 2 rings (SSSR count). The van der Waals surface area contributed by atoms with Gasteiger partial charge in [0.1, 0.15) is 5.76 Å². The number of carboxylic acid groups (broad SMARTS) is 1. The Kier molecular flexibility index (Phi) is 6.19. The summed E-state index contributed by atoms with van der Waals surface area (Å²) in [5.74, 6) is 0.424. The van der Waals surface area contributed by atoms with Crippen molar-refractivity contribution in [3.05, 3.63) is 17.0 Å². The van der Waals surface area contributed by atoms with E-state index >= 15 is 0 Å². The first kappa shape index (κ1) is 17.5. The van der Waals surface area contributed by atoms with Gasteiger partial charge < -0.3 is 14.5 Å². The normalized spacial score (nSPS) is 18.2. The fraction of sp³-hybridized carbons (Fsp3) is 0.706. The molecule has 6 nitrogen and oxygen atoms in total. The van der Waals surface area contributed by atoms with Crippen LogP contribution in [0.5, 0.6) is 0 Å². The van der Waals surface area contributed by atoms with E-state index in [1.807, 2.05) is 18.7 Å². The maximum absolute atomic E-state index is 12.6. The molecule has 1 amide bonds. The lowest BCUT2D eigenvalue weighted by atomic mass is 9.93. The molecule has 1 aromatic heterocycles. The summed E-state index contributed by atoms with van der Waals surface area (Å²) in [6.45, 7) is 5.43. The number of likely N-dealkylation sites (tertiary alicyclic amines) is 1. The number of aryl methyl sites for hydroxylation is 2. The lowest BCUT2D eigenvalue weighted by Crippen LogP contribution is -2.41. The average Bonchev–Trinajstić information content (AvgIpc) is 2.95. The summed E-state index contributed by atoms with van der Waals surface area (Å²) in [5.41, 5.74) is 1.81. The minimum absolute atomic E-state index is 0.0950. The Balaban J connectivity index is 1.97. The van der Waals surface area contributed by atoms with E-state index in [1.54, 1.807) is 0 Å². The second-order valence-corrected chi connectivity index (χ2v) is 6.20. The SMILES string of the molecule is CCc1noc(CC)c1CC(=O)N1CCCC(CCC(=O)O)C1. The number of aromatic nitrogens is 1. The van der Waals surface area contributed by atoms with Crippen molar-refractivity contribution in [3.63, 3.8) is 0 Å². The van der Waals surface area contributed by atoms with E-state index in [0.717, 1.165) is 49.2 Å². The number of rotatable bonds is 7. The molecule has 1 aliphatic heterocycles. The van der Waals surface area contributed by atoms with Gasteiger partial charge in [-0.2, -0.15) is 0 Å². The Hall–Kier alpha value is -1.85. The molecule has 23 heavy (non-hydrogen) atoms. The van der Waals surface area contributed by atoms with Crippen LogP contribution >= 0.6 is 0 Å². The number of piperidine rings is 1. The van der Waals surface area contributed by atoms with E-state index in [9.17, 15) is 9.59 Å². The molecule has 1 aromatic rings. The predicted octanol–water partition coefficient (Wildman–Crippen LogP) is 2.45. The van der Waals surface area contributed by atoms with Gasteiger partial charge in [-0.1, -0.05) is 19.0 Å². The molecular formula is C17H26N2O4. The van der Waals surface area contributed by atoms with Crippen LogP contribution < -0.4 is 0 Å². The van der Waals surface area contributed by atoms with E-state index in [-0.39, 0.29) is 12.3 Å². The molecule has 1 aliphatic rings. The summed E-state index contributed by atoms with van der Waals surface area (Å²) in [4.78, 5) is 25.2. The summed E-state index contributed by atoms with van der Waals surface area (Å²) in [6.07, 6.45) is 4.60. The van der Waals surface area contributed by atoms with Gasteiger partial charge in [-0.05, 0) is 31.6 Å². The maximum atomic E-state index is 12.6. The van der Waals surface area contributed by atoms with Crippen LogP contribution in [-0.2, 0) is 28.9 Å². The quantitative estimate of drug-likeness (QED) is 0.833. The van der Waals surface area contributed by atoms with Crippen LogP contribution in [0, 0.1) is 5.92 Å². The number of aliphatic carboxylic acids is 1. The van der Waals surface area contributed by atoms with Gasteiger partial charge in [-0.15, -0.1) is 0 Å². The Bertz CT molecular complexity index is 531. The molecular weight excluding hydrogens is 296 g/mol. The predicted molar refractivity (Wildman–Crippen MR) is 85.1 cm³/mol. The fourth-order valence-corrected chi connectivity index (χ4v) is 3.26. The van der Waals surface area contributed by atoms with Crippen molar-refractivity contribution < 1.29 is 19.2 Å². The zero-order valence-electron chi connectivity index (χ0n) is 14.0. The van der Waals surface area contributed by atoms with Gasteiger partial charge in [0, 0.05) is 31.5 Å². The summed E-state index contributed by atoms with van der Waals surface area (Å²) >= 11 is 0. The van der Waals surface area contributed by atoms with Gasteiger partial charge in [-0.3, -0.25) is 9.59 Å².